The Morgan fingerprint density at radius 3 is 2.60 bits per heavy atom. The van der Waals surface area contributed by atoms with Gasteiger partial charge in [0.25, 0.3) is 5.76 Å². The van der Waals surface area contributed by atoms with E-state index in [0.29, 0.717) is 33.5 Å². The number of halogens is 2. The first-order chi connectivity index (χ1) is 9.65. The van der Waals surface area contributed by atoms with E-state index in [4.69, 9.17) is 12.2 Å². The minimum absolute atomic E-state index is 0.402. The number of hydrogen-bond donors (Lipinski definition) is 2. The third-order valence-corrected chi connectivity index (χ3v) is 4.30. The van der Waals surface area contributed by atoms with Crippen molar-refractivity contribution in [1.29, 1.82) is 0 Å². The van der Waals surface area contributed by atoms with Crippen LogP contribution >= 0.6 is 24.0 Å². The lowest BCUT2D eigenvalue weighted by Crippen LogP contribution is -2.38. The number of anilines is 1. The van der Waals surface area contributed by atoms with Crippen LogP contribution in [0, 0.1) is 0 Å². The molecule has 0 radical (unpaired) electrons. The number of para-hydroxylation sites is 1. The third-order valence-electron chi connectivity index (χ3n) is 3.29. The van der Waals surface area contributed by atoms with E-state index in [1.54, 1.807) is 24.3 Å². The fraction of sp³-hybridized carbons (Fsp3) is 0.500. The highest BCUT2D eigenvalue weighted by molar-refractivity contribution is 7.99. The highest BCUT2D eigenvalue weighted by Crippen LogP contribution is 2.31. The zero-order chi connectivity index (χ0) is 14.4. The molecule has 0 bridgehead atoms. The summed E-state index contributed by atoms with van der Waals surface area (Å²) < 4.78 is 25.0. The van der Waals surface area contributed by atoms with Crippen LogP contribution in [0.4, 0.5) is 14.5 Å². The van der Waals surface area contributed by atoms with Crippen molar-refractivity contribution in [3.05, 3.63) is 24.3 Å². The van der Waals surface area contributed by atoms with Gasteiger partial charge >= 0.3 is 0 Å². The second-order valence-corrected chi connectivity index (χ2v) is 6.25. The largest absolute Gasteiger partial charge is 0.360 e. The van der Waals surface area contributed by atoms with Crippen LogP contribution in [0.3, 0.4) is 0 Å². The van der Waals surface area contributed by atoms with E-state index in [0.717, 1.165) is 12.8 Å². The minimum Gasteiger partial charge on any atom is -0.360 e. The van der Waals surface area contributed by atoms with Crippen LogP contribution in [-0.4, -0.2) is 16.9 Å². The lowest BCUT2D eigenvalue weighted by atomic mass is 9.96. The van der Waals surface area contributed by atoms with Gasteiger partial charge in [0, 0.05) is 10.9 Å². The summed E-state index contributed by atoms with van der Waals surface area (Å²) in [7, 11) is 0. The molecule has 0 atom stereocenters. The summed E-state index contributed by atoms with van der Waals surface area (Å²) in [5.74, 6) is -2.43. The molecule has 0 aromatic heterocycles. The molecule has 20 heavy (non-hydrogen) atoms. The van der Waals surface area contributed by atoms with E-state index in [2.05, 4.69) is 10.6 Å². The average molecular weight is 316 g/mol. The lowest BCUT2D eigenvalue weighted by Gasteiger charge is -2.24. The summed E-state index contributed by atoms with van der Waals surface area (Å²) >= 11 is 5.80. The molecule has 0 amide bonds. The van der Waals surface area contributed by atoms with Gasteiger partial charge in [-0.15, -0.1) is 0 Å². The highest BCUT2D eigenvalue weighted by atomic mass is 32.2. The fourth-order valence-electron chi connectivity index (χ4n) is 2.36. The van der Waals surface area contributed by atoms with Gasteiger partial charge in [-0.1, -0.05) is 43.2 Å². The summed E-state index contributed by atoms with van der Waals surface area (Å²) in [6.07, 6.45) is 5.97. The zero-order valence-electron chi connectivity index (χ0n) is 11.1. The molecule has 1 aliphatic carbocycles. The molecule has 0 unspecified atom stereocenters. The maximum absolute atomic E-state index is 12.5. The first-order valence-corrected chi connectivity index (χ1v) is 8.05. The zero-order valence-corrected chi connectivity index (χ0v) is 12.7. The molecule has 0 spiro atoms. The van der Waals surface area contributed by atoms with Gasteiger partial charge in [0.2, 0.25) is 0 Å². The van der Waals surface area contributed by atoms with Crippen LogP contribution in [0.1, 0.15) is 32.1 Å². The van der Waals surface area contributed by atoms with Gasteiger partial charge in [-0.3, -0.25) is 0 Å². The number of alkyl halides is 2. The SMILES string of the molecule is FC(F)Sc1ccccc1NC(=S)NC1CCCCC1. The van der Waals surface area contributed by atoms with Crippen LogP contribution in [0.2, 0.25) is 0 Å². The number of benzene rings is 1. The molecule has 2 N–H and O–H groups in total. The molecule has 2 rings (SSSR count). The van der Waals surface area contributed by atoms with Crippen molar-refractivity contribution in [2.75, 3.05) is 5.32 Å². The molecule has 1 aromatic carbocycles. The Hall–Kier alpha value is -0.880. The highest BCUT2D eigenvalue weighted by Gasteiger charge is 2.15. The Labute approximate surface area is 127 Å². The van der Waals surface area contributed by atoms with Crippen molar-refractivity contribution in [3.8, 4) is 0 Å². The predicted molar refractivity (Wildman–Crippen MR) is 84.5 cm³/mol. The summed E-state index contributed by atoms with van der Waals surface area (Å²) in [4.78, 5) is 0.510. The van der Waals surface area contributed by atoms with Crippen molar-refractivity contribution in [2.24, 2.45) is 0 Å². The monoisotopic (exact) mass is 316 g/mol. The second-order valence-electron chi connectivity index (χ2n) is 4.81. The van der Waals surface area contributed by atoms with Gasteiger partial charge in [0.1, 0.15) is 0 Å². The second kappa shape index (κ2) is 7.78. The normalized spacial score (nSPS) is 16.1. The summed E-state index contributed by atoms with van der Waals surface area (Å²) in [5, 5.41) is 6.81. The van der Waals surface area contributed by atoms with Crippen LogP contribution < -0.4 is 10.6 Å². The first-order valence-electron chi connectivity index (χ1n) is 6.76. The molecular formula is C14H18F2N2S2. The van der Waals surface area contributed by atoms with E-state index in [9.17, 15) is 8.78 Å². The molecule has 0 aliphatic heterocycles. The molecular weight excluding hydrogens is 298 g/mol. The van der Waals surface area contributed by atoms with Crippen molar-refractivity contribution >= 4 is 34.8 Å². The smallest absolute Gasteiger partial charge is 0.288 e. The number of thioether (sulfide) groups is 1. The number of rotatable bonds is 4. The third kappa shape index (κ3) is 4.90. The predicted octanol–water partition coefficient (Wildman–Crippen LogP) is 4.62. The maximum Gasteiger partial charge on any atom is 0.288 e. The molecule has 1 aromatic rings. The van der Waals surface area contributed by atoms with E-state index in [1.807, 2.05) is 0 Å². The van der Waals surface area contributed by atoms with E-state index in [-0.39, 0.29) is 0 Å². The van der Waals surface area contributed by atoms with Crippen molar-refractivity contribution in [1.82, 2.24) is 5.32 Å². The van der Waals surface area contributed by atoms with Crippen LogP contribution in [0.15, 0.2) is 29.2 Å². The first kappa shape index (κ1) is 15.5. The Morgan fingerprint density at radius 1 is 1.20 bits per heavy atom. The summed E-state index contributed by atoms with van der Waals surface area (Å²) in [6, 6.07) is 7.38. The molecule has 0 saturated heterocycles. The molecule has 110 valence electrons. The van der Waals surface area contributed by atoms with E-state index < -0.39 is 5.76 Å². The van der Waals surface area contributed by atoms with Gasteiger partial charge < -0.3 is 10.6 Å². The van der Waals surface area contributed by atoms with Gasteiger partial charge in [0.05, 0.1) is 5.69 Å². The molecule has 1 fully saturated rings. The summed E-state index contributed by atoms with van der Waals surface area (Å²) in [5.41, 5.74) is 0.631. The Bertz CT molecular complexity index is 449. The molecule has 6 heteroatoms. The average Bonchev–Trinajstić information content (AvgIpc) is 2.41. The van der Waals surface area contributed by atoms with Gasteiger partial charge in [-0.05, 0) is 37.2 Å². The molecule has 1 saturated carbocycles. The van der Waals surface area contributed by atoms with Gasteiger partial charge in [0.15, 0.2) is 5.11 Å². The van der Waals surface area contributed by atoms with Gasteiger partial charge in [-0.25, -0.2) is 0 Å². The number of thiocarbonyl (C=S) groups is 1. The van der Waals surface area contributed by atoms with Crippen molar-refractivity contribution < 1.29 is 8.78 Å². The number of hydrogen-bond acceptors (Lipinski definition) is 2. The summed E-state index contributed by atoms with van der Waals surface area (Å²) in [6.45, 7) is 0. The van der Waals surface area contributed by atoms with Gasteiger partial charge in [-0.2, -0.15) is 8.78 Å². The Morgan fingerprint density at radius 2 is 1.90 bits per heavy atom. The van der Waals surface area contributed by atoms with Crippen LogP contribution in [-0.2, 0) is 0 Å². The minimum atomic E-state index is -2.43. The van der Waals surface area contributed by atoms with E-state index >= 15 is 0 Å². The van der Waals surface area contributed by atoms with Crippen LogP contribution in [0.25, 0.3) is 0 Å². The molecule has 1 aliphatic rings. The van der Waals surface area contributed by atoms with Crippen LogP contribution in [0.5, 0.6) is 0 Å². The maximum atomic E-state index is 12.5. The standard InChI is InChI=1S/C14H18F2N2S2/c15-13(16)20-12-9-5-4-8-11(12)18-14(19)17-10-6-2-1-3-7-10/h4-5,8-10,13H,1-3,6-7H2,(H2,17,18,19). The Kier molecular flexibility index (Phi) is 6.04. The van der Waals surface area contributed by atoms with Crippen molar-refractivity contribution in [2.45, 2.75) is 48.8 Å². The molecule has 2 nitrogen and oxygen atoms in total. The Balaban J connectivity index is 1.93. The van der Waals surface area contributed by atoms with Crippen molar-refractivity contribution in [3.63, 3.8) is 0 Å². The quantitative estimate of drug-likeness (QED) is 0.625. The molecule has 0 heterocycles. The fourth-order valence-corrected chi connectivity index (χ4v) is 3.23. The topological polar surface area (TPSA) is 24.1 Å². The number of nitrogens with one attached hydrogen (secondary N) is 2. The lowest BCUT2D eigenvalue weighted by molar-refractivity contribution is 0.252. The van der Waals surface area contributed by atoms with E-state index in [1.165, 1.54) is 19.3 Å².